The first kappa shape index (κ1) is 14.5. The van der Waals surface area contributed by atoms with Gasteiger partial charge >= 0.3 is 0 Å². The van der Waals surface area contributed by atoms with Gasteiger partial charge in [0.15, 0.2) is 12.4 Å². The minimum Gasteiger partial charge on any atom is -0.469 e. The molecule has 1 fully saturated rings. The van der Waals surface area contributed by atoms with E-state index in [4.69, 9.17) is 14.2 Å². The van der Waals surface area contributed by atoms with Crippen molar-refractivity contribution in [2.24, 2.45) is 4.99 Å². The number of aliphatic imine (C=N–C) groups is 1. The van der Waals surface area contributed by atoms with Gasteiger partial charge in [-0.3, -0.25) is 0 Å². The first-order chi connectivity index (χ1) is 10.2. The first-order valence-electron chi connectivity index (χ1n) is 7.05. The second-order valence-corrected chi connectivity index (χ2v) is 5.20. The fourth-order valence-corrected chi connectivity index (χ4v) is 2.59. The molecule has 1 aromatic rings. The van der Waals surface area contributed by atoms with E-state index in [1.54, 1.807) is 6.92 Å². The molecular weight excluding hydrogens is 274 g/mol. The lowest BCUT2D eigenvalue weighted by molar-refractivity contribution is -0.262. The molecule has 2 N–H and O–H groups in total. The molecule has 0 radical (unpaired) electrons. The Hall–Kier alpha value is -1.47. The maximum atomic E-state index is 10.1. The molecule has 3 rings (SSSR count). The molecule has 21 heavy (non-hydrogen) atoms. The fraction of sp³-hybridized carbons (Fsp3) is 0.533. The third-order valence-electron chi connectivity index (χ3n) is 3.67. The lowest BCUT2D eigenvalue weighted by Gasteiger charge is -2.36. The van der Waals surface area contributed by atoms with Crippen LogP contribution in [0.2, 0.25) is 0 Å². The van der Waals surface area contributed by atoms with E-state index in [0.717, 1.165) is 5.56 Å². The Kier molecular flexibility index (Phi) is 4.21. The standard InChI is InChI=1S/C15H19NO5/c1-9-19-8-12(18)14(20-9)13-11(7-17)16-15(21-13)10-5-3-2-4-6-10/h2-6,9,11-14,17-18H,7-8H2,1H3/t9-,11+,12?,13+,14?/m1/s1. The lowest BCUT2D eigenvalue weighted by Crippen LogP contribution is -2.52. The van der Waals surface area contributed by atoms with Crippen LogP contribution in [0.3, 0.4) is 0 Å². The summed E-state index contributed by atoms with van der Waals surface area (Å²) in [5.74, 6) is 0.467. The zero-order chi connectivity index (χ0) is 14.8. The van der Waals surface area contributed by atoms with Crippen LogP contribution in [0.5, 0.6) is 0 Å². The van der Waals surface area contributed by atoms with Gasteiger partial charge in [-0.25, -0.2) is 4.99 Å². The molecule has 0 aliphatic carbocycles. The number of hydrogen-bond donors (Lipinski definition) is 2. The largest absolute Gasteiger partial charge is 0.469 e. The van der Waals surface area contributed by atoms with E-state index in [1.807, 2.05) is 30.3 Å². The molecule has 114 valence electrons. The average molecular weight is 293 g/mol. The second-order valence-electron chi connectivity index (χ2n) is 5.20. The highest BCUT2D eigenvalue weighted by molar-refractivity contribution is 5.95. The van der Waals surface area contributed by atoms with E-state index in [9.17, 15) is 10.2 Å². The van der Waals surface area contributed by atoms with Gasteiger partial charge in [-0.2, -0.15) is 0 Å². The zero-order valence-electron chi connectivity index (χ0n) is 11.8. The van der Waals surface area contributed by atoms with E-state index in [1.165, 1.54) is 0 Å². The summed E-state index contributed by atoms with van der Waals surface area (Å²) in [5.41, 5.74) is 0.841. The molecule has 0 aromatic heterocycles. The fourth-order valence-electron chi connectivity index (χ4n) is 2.59. The first-order valence-corrected chi connectivity index (χ1v) is 7.05. The number of aliphatic hydroxyl groups is 2. The highest BCUT2D eigenvalue weighted by Crippen LogP contribution is 2.27. The van der Waals surface area contributed by atoms with Crippen LogP contribution in [-0.2, 0) is 14.2 Å². The molecule has 0 spiro atoms. The van der Waals surface area contributed by atoms with Crippen LogP contribution < -0.4 is 0 Å². The van der Waals surface area contributed by atoms with E-state index < -0.39 is 30.6 Å². The lowest BCUT2D eigenvalue weighted by atomic mass is 10.0. The summed E-state index contributed by atoms with van der Waals surface area (Å²) in [5, 5.41) is 19.6. The number of benzene rings is 1. The van der Waals surface area contributed by atoms with Gasteiger partial charge in [0, 0.05) is 5.56 Å². The molecule has 2 aliphatic rings. The summed E-state index contributed by atoms with van der Waals surface area (Å²) in [6.07, 6.45) is -2.31. The predicted molar refractivity (Wildman–Crippen MR) is 75.0 cm³/mol. The molecule has 2 heterocycles. The smallest absolute Gasteiger partial charge is 0.217 e. The molecule has 6 nitrogen and oxygen atoms in total. The topological polar surface area (TPSA) is 80.5 Å². The Bertz CT molecular complexity index is 506. The van der Waals surface area contributed by atoms with Crippen LogP contribution in [0.25, 0.3) is 0 Å². The van der Waals surface area contributed by atoms with Crippen molar-refractivity contribution in [2.75, 3.05) is 13.2 Å². The zero-order valence-corrected chi connectivity index (χ0v) is 11.8. The van der Waals surface area contributed by atoms with Crippen molar-refractivity contribution in [3.05, 3.63) is 35.9 Å². The Morgan fingerprint density at radius 1 is 1.24 bits per heavy atom. The summed E-state index contributed by atoms with van der Waals surface area (Å²) < 4.78 is 16.7. The van der Waals surface area contributed by atoms with Crippen LogP contribution in [0, 0.1) is 0 Å². The Labute approximate surface area is 123 Å². The van der Waals surface area contributed by atoms with E-state index in [2.05, 4.69) is 4.99 Å². The third kappa shape index (κ3) is 2.94. The van der Waals surface area contributed by atoms with Crippen molar-refractivity contribution in [1.82, 2.24) is 0 Å². The number of nitrogens with zero attached hydrogens (tertiary/aromatic N) is 1. The van der Waals surface area contributed by atoms with Crippen molar-refractivity contribution in [2.45, 2.75) is 37.6 Å². The van der Waals surface area contributed by atoms with Crippen LogP contribution in [0.4, 0.5) is 0 Å². The molecule has 1 saturated heterocycles. The number of hydrogen-bond acceptors (Lipinski definition) is 6. The van der Waals surface area contributed by atoms with Crippen molar-refractivity contribution < 1.29 is 24.4 Å². The van der Waals surface area contributed by atoms with Gasteiger partial charge in [-0.1, -0.05) is 18.2 Å². The van der Waals surface area contributed by atoms with Crippen LogP contribution in [0.1, 0.15) is 12.5 Å². The second kappa shape index (κ2) is 6.11. The maximum Gasteiger partial charge on any atom is 0.217 e. The van der Waals surface area contributed by atoms with Crippen LogP contribution >= 0.6 is 0 Å². The van der Waals surface area contributed by atoms with Gasteiger partial charge in [-0.05, 0) is 19.1 Å². The van der Waals surface area contributed by atoms with Crippen molar-refractivity contribution in [1.29, 1.82) is 0 Å². The molecule has 1 aromatic carbocycles. The van der Waals surface area contributed by atoms with E-state index in [-0.39, 0.29) is 13.2 Å². The molecule has 2 unspecified atom stereocenters. The Balaban J connectivity index is 1.79. The van der Waals surface area contributed by atoms with Crippen molar-refractivity contribution in [3.63, 3.8) is 0 Å². The third-order valence-corrected chi connectivity index (χ3v) is 3.67. The SMILES string of the molecule is C[C@@H]1OCC(O)C([C@H]2OC(c3ccccc3)=N[C@H]2CO)O1. The van der Waals surface area contributed by atoms with Crippen molar-refractivity contribution in [3.8, 4) is 0 Å². The van der Waals surface area contributed by atoms with Gasteiger partial charge in [0.25, 0.3) is 0 Å². The molecule has 0 saturated carbocycles. The summed E-state index contributed by atoms with van der Waals surface area (Å²) in [7, 11) is 0. The normalized spacial score (nSPS) is 36.1. The van der Waals surface area contributed by atoms with Crippen molar-refractivity contribution >= 4 is 5.90 Å². The summed E-state index contributed by atoms with van der Waals surface area (Å²) in [6.45, 7) is 1.79. The minimum absolute atomic E-state index is 0.164. The number of ether oxygens (including phenoxy) is 3. The number of aliphatic hydroxyl groups excluding tert-OH is 2. The summed E-state index contributed by atoms with van der Waals surface area (Å²) in [6, 6.07) is 9.02. The Morgan fingerprint density at radius 3 is 2.71 bits per heavy atom. The van der Waals surface area contributed by atoms with Gasteiger partial charge < -0.3 is 24.4 Å². The Morgan fingerprint density at radius 2 is 2.00 bits per heavy atom. The molecule has 0 bridgehead atoms. The van der Waals surface area contributed by atoms with E-state index in [0.29, 0.717) is 5.90 Å². The van der Waals surface area contributed by atoms with E-state index >= 15 is 0 Å². The van der Waals surface area contributed by atoms with Gasteiger partial charge in [-0.15, -0.1) is 0 Å². The molecule has 5 atom stereocenters. The van der Waals surface area contributed by atoms with Crippen LogP contribution in [-0.4, -0.2) is 60.0 Å². The van der Waals surface area contributed by atoms with Crippen LogP contribution in [0.15, 0.2) is 35.3 Å². The number of rotatable bonds is 3. The monoisotopic (exact) mass is 293 g/mol. The quantitative estimate of drug-likeness (QED) is 0.838. The predicted octanol–water partition coefficient (Wildman–Crippen LogP) is 0.315. The summed E-state index contributed by atoms with van der Waals surface area (Å²) >= 11 is 0. The average Bonchev–Trinajstić information content (AvgIpc) is 2.94. The van der Waals surface area contributed by atoms with Gasteiger partial charge in [0.05, 0.1) is 13.2 Å². The molecule has 0 amide bonds. The molecule has 2 aliphatic heterocycles. The van der Waals surface area contributed by atoms with Gasteiger partial charge in [0.1, 0.15) is 18.2 Å². The molecule has 6 heteroatoms. The highest BCUT2D eigenvalue weighted by Gasteiger charge is 2.44. The maximum absolute atomic E-state index is 10.1. The van der Waals surface area contributed by atoms with Gasteiger partial charge in [0.2, 0.25) is 5.90 Å². The highest BCUT2D eigenvalue weighted by atomic mass is 16.7. The molecular formula is C15H19NO5. The minimum atomic E-state index is -0.800. The summed E-state index contributed by atoms with van der Waals surface area (Å²) in [4.78, 5) is 4.41.